The third-order valence-electron chi connectivity index (χ3n) is 9.78. The van der Waals surface area contributed by atoms with Crippen LogP contribution >= 0.6 is 0 Å². The zero-order valence-electron chi connectivity index (χ0n) is 27.6. The maximum Gasteiger partial charge on any atom is 0.227 e. The Kier molecular flexibility index (Phi) is 6.78. The summed E-state index contributed by atoms with van der Waals surface area (Å²) in [6.07, 6.45) is 0. The van der Waals surface area contributed by atoms with Gasteiger partial charge in [0.1, 0.15) is 5.52 Å². The molecule has 4 nitrogen and oxygen atoms in total. The van der Waals surface area contributed by atoms with Gasteiger partial charge >= 0.3 is 0 Å². The highest BCUT2D eigenvalue weighted by Gasteiger charge is 2.22. The quantitative estimate of drug-likeness (QED) is 0.179. The molecule has 0 N–H and O–H groups in total. The summed E-state index contributed by atoms with van der Waals surface area (Å²) in [5.41, 5.74) is 11.5. The Hall–Kier alpha value is -6.91. The van der Waals surface area contributed by atoms with Gasteiger partial charge in [-0.3, -0.25) is 0 Å². The smallest absolute Gasteiger partial charge is 0.227 e. The van der Waals surface area contributed by atoms with Crippen LogP contribution in [0.1, 0.15) is 0 Å². The SMILES string of the molecule is c1ccc(-c2cccc(N(c3ccc4c(c3)c3ccccc3n4-c3ccccc3)c3cc4nc(-c5ccccc5)oc4c4ccccc34)c2)cc1. The van der Waals surface area contributed by atoms with E-state index in [9.17, 15) is 0 Å². The normalized spacial score (nSPS) is 11.5. The Morgan fingerprint density at radius 1 is 0.431 bits per heavy atom. The lowest BCUT2D eigenvalue weighted by molar-refractivity contribution is 0.623. The third-order valence-corrected chi connectivity index (χ3v) is 9.78. The molecule has 4 heteroatoms. The first-order valence-corrected chi connectivity index (χ1v) is 17.2. The lowest BCUT2D eigenvalue weighted by atomic mass is 10.0. The van der Waals surface area contributed by atoms with Gasteiger partial charge in [-0.15, -0.1) is 0 Å². The number of anilines is 3. The van der Waals surface area contributed by atoms with Gasteiger partial charge in [-0.2, -0.15) is 0 Å². The Labute approximate surface area is 295 Å². The van der Waals surface area contributed by atoms with Crippen molar-refractivity contribution in [3.05, 3.63) is 188 Å². The van der Waals surface area contributed by atoms with Gasteiger partial charge in [0.2, 0.25) is 5.89 Å². The predicted molar refractivity (Wildman–Crippen MR) is 211 cm³/mol. The van der Waals surface area contributed by atoms with Crippen molar-refractivity contribution in [1.29, 1.82) is 0 Å². The second-order valence-corrected chi connectivity index (χ2v) is 12.8. The van der Waals surface area contributed by atoms with Crippen molar-refractivity contribution in [2.45, 2.75) is 0 Å². The molecule has 0 unspecified atom stereocenters. The van der Waals surface area contributed by atoms with Crippen molar-refractivity contribution in [1.82, 2.24) is 9.55 Å². The van der Waals surface area contributed by atoms with E-state index in [-0.39, 0.29) is 0 Å². The molecule has 0 spiro atoms. The molecule has 0 aliphatic carbocycles. The minimum absolute atomic E-state index is 0.612. The second kappa shape index (κ2) is 11.9. The van der Waals surface area contributed by atoms with Gasteiger partial charge in [-0.1, -0.05) is 121 Å². The Bertz CT molecular complexity index is 2850. The summed E-state index contributed by atoms with van der Waals surface area (Å²) in [4.78, 5) is 7.43. The minimum atomic E-state index is 0.612. The average molecular weight is 654 g/mol. The summed E-state index contributed by atoms with van der Waals surface area (Å²) in [5, 5.41) is 4.50. The van der Waals surface area contributed by atoms with Crippen molar-refractivity contribution in [3.63, 3.8) is 0 Å². The van der Waals surface area contributed by atoms with Crippen molar-refractivity contribution in [2.24, 2.45) is 0 Å². The monoisotopic (exact) mass is 653 g/mol. The predicted octanol–water partition coefficient (Wildman–Crippen LogP) is 12.9. The van der Waals surface area contributed by atoms with Crippen LogP contribution in [0.3, 0.4) is 0 Å². The zero-order chi connectivity index (χ0) is 33.7. The standard InChI is InChI=1S/C47H31N3O/c1-4-15-32(16-5-1)34-19-14-22-36(29-34)49(37-27-28-44-41(30-37)39-24-12-13-26-43(39)50(44)35-20-8-3-9-21-35)45-31-42-46(40-25-11-10-23-38(40)45)51-47(48-42)33-17-6-2-7-18-33/h1-31H. The number of oxazole rings is 1. The molecule has 0 bridgehead atoms. The fourth-order valence-corrected chi connectivity index (χ4v) is 7.46. The molecule has 2 heterocycles. The van der Waals surface area contributed by atoms with Crippen molar-refractivity contribution >= 4 is 60.7 Å². The Morgan fingerprint density at radius 2 is 1.04 bits per heavy atom. The summed E-state index contributed by atoms with van der Waals surface area (Å²) in [5.74, 6) is 0.612. The molecule has 0 radical (unpaired) electrons. The van der Waals surface area contributed by atoms with E-state index >= 15 is 0 Å². The number of para-hydroxylation sites is 2. The highest BCUT2D eigenvalue weighted by molar-refractivity contribution is 6.14. The van der Waals surface area contributed by atoms with Crippen molar-refractivity contribution in [2.75, 3.05) is 4.90 Å². The topological polar surface area (TPSA) is 34.2 Å². The van der Waals surface area contributed by atoms with Crippen LogP contribution in [0.25, 0.3) is 71.9 Å². The van der Waals surface area contributed by atoms with Crippen LogP contribution in [-0.2, 0) is 0 Å². The molecule has 10 rings (SSSR count). The third kappa shape index (κ3) is 4.88. The first kappa shape index (κ1) is 29.0. The maximum absolute atomic E-state index is 6.51. The van der Waals surface area contributed by atoms with E-state index in [1.807, 2.05) is 30.3 Å². The summed E-state index contributed by atoms with van der Waals surface area (Å²) >= 11 is 0. The number of rotatable bonds is 6. The Balaban J connectivity index is 1.25. The molecule has 0 saturated carbocycles. The number of fused-ring (bicyclic) bond motifs is 6. The van der Waals surface area contributed by atoms with Gasteiger partial charge in [0.15, 0.2) is 5.58 Å². The zero-order valence-corrected chi connectivity index (χ0v) is 27.6. The van der Waals surface area contributed by atoms with Crippen LogP contribution in [-0.4, -0.2) is 9.55 Å². The highest BCUT2D eigenvalue weighted by atomic mass is 16.3. The van der Waals surface area contributed by atoms with Gasteiger partial charge in [0.05, 0.1) is 16.7 Å². The fraction of sp³-hybridized carbons (Fsp3) is 0. The molecule has 0 saturated heterocycles. The highest BCUT2D eigenvalue weighted by Crippen LogP contribution is 2.45. The van der Waals surface area contributed by atoms with E-state index in [4.69, 9.17) is 9.40 Å². The van der Waals surface area contributed by atoms with E-state index in [1.165, 1.54) is 21.9 Å². The van der Waals surface area contributed by atoms with E-state index < -0.39 is 0 Å². The summed E-state index contributed by atoms with van der Waals surface area (Å²) in [6, 6.07) is 66.3. The van der Waals surface area contributed by atoms with Crippen LogP contribution in [0.4, 0.5) is 17.1 Å². The molecule has 51 heavy (non-hydrogen) atoms. The minimum Gasteiger partial charge on any atom is -0.435 e. The van der Waals surface area contributed by atoms with E-state index in [1.54, 1.807) is 0 Å². The van der Waals surface area contributed by atoms with E-state index in [0.29, 0.717) is 5.89 Å². The first-order valence-electron chi connectivity index (χ1n) is 17.2. The summed E-state index contributed by atoms with van der Waals surface area (Å²) in [6.45, 7) is 0. The van der Waals surface area contributed by atoms with E-state index in [0.717, 1.165) is 61.3 Å². The molecule has 0 fully saturated rings. The van der Waals surface area contributed by atoms with Crippen LogP contribution < -0.4 is 4.90 Å². The molecule has 0 atom stereocenters. The number of nitrogens with zero attached hydrogens (tertiary/aromatic N) is 3. The molecule has 10 aromatic rings. The van der Waals surface area contributed by atoms with Crippen LogP contribution in [0.15, 0.2) is 192 Å². The largest absolute Gasteiger partial charge is 0.435 e. The molecular weight excluding hydrogens is 623 g/mol. The van der Waals surface area contributed by atoms with Gasteiger partial charge in [0.25, 0.3) is 0 Å². The average Bonchev–Trinajstić information content (AvgIpc) is 3.79. The first-order chi connectivity index (χ1) is 25.3. The lowest BCUT2D eigenvalue weighted by Crippen LogP contribution is -2.11. The van der Waals surface area contributed by atoms with Crippen molar-refractivity contribution < 1.29 is 4.42 Å². The summed E-state index contributed by atoms with van der Waals surface area (Å²) in [7, 11) is 0. The van der Waals surface area contributed by atoms with Crippen LogP contribution in [0, 0.1) is 0 Å². The molecule has 0 aliphatic heterocycles. The van der Waals surface area contributed by atoms with E-state index in [2.05, 4.69) is 167 Å². The fourth-order valence-electron chi connectivity index (χ4n) is 7.46. The van der Waals surface area contributed by atoms with Gasteiger partial charge in [0, 0.05) is 44.2 Å². The number of benzene rings is 8. The number of aromatic nitrogens is 2. The maximum atomic E-state index is 6.51. The number of hydrogen-bond acceptors (Lipinski definition) is 3. The molecular formula is C47H31N3O. The molecule has 240 valence electrons. The second-order valence-electron chi connectivity index (χ2n) is 12.8. The molecule has 0 amide bonds. The van der Waals surface area contributed by atoms with Gasteiger partial charge < -0.3 is 13.9 Å². The molecule has 8 aromatic carbocycles. The van der Waals surface area contributed by atoms with Crippen LogP contribution in [0.2, 0.25) is 0 Å². The molecule has 0 aliphatic rings. The van der Waals surface area contributed by atoms with Crippen molar-refractivity contribution in [3.8, 4) is 28.3 Å². The lowest BCUT2D eigenvalue weighted by Gasteiger charge is -2.27. The summed E-state index contributed by atoms with van der Waals surface area (Å²) < 4.78 is 8.87. The van der Waals surface area contributed by atoms with Crippen LogP contribution in [0.5, 0.6) is 0 Å². The Morgan fingerprint density at radius 3 is 1.82 bits per heavy atom. The van der Waals surface area contributed by atoms with Gasteiger partial charge in [-0.05, 0) is 77.9 Å². The van der Waals surface area contributed by atoms with Gasteiger partial charge in [-0.25, -0.2) is 4.98 Å². The number of hydrogen-bond donors (Lipinski definition) is 0. The molecule has 2 aromatic heterocycles.